The van der Waals surface area contributed by atoms with Gasteiger partial charge in [0.25, 0.3) is 0 Å². The second-order valence-corrected chi connectivity index (χ2v) is 6.94. The van der Waals surface area contributed by atoms with Crippen LogP contribution in [0.25, 0.3) is 0 Å². The third-order valence-corrected chi connectivity index (χ3v) is 4.34. The summed E-state index contributed by atoms with van der Waals surface area (Å²) in [7, 11) is 1.21. The summed E-state index contributed by atoms with van der Waals surface area (Å²) in [5.74, 6) is -0.930. The Bertz CT molecular complexity index is 713. The number of carbonyl (C=O) groups excluding carboxylic acids is 3. The molecule has 2 atom stereocenters. The third-order valence-electron chi connectivity index (χ3n) is 3.87. The Morgan fingerprint density at radius 3 is 2.71 bits per heavy atom. The molecular weight excluding hydrogens is 434 g/mol. The van der Waals surface area contributed by atoms with Gasteiger partial charge in [0.1, 0.15) is 17.3 Å². The number of carbonyl (C=O) groups is 3. The van der Waals surface area contributed by atoms with Gasteiger partial charge in [0.2, 0.25) is 5.91 Å². The summed E-state index contributed by atoms with van der Waals surface area (Å²) in [5.41, 5.74) is 0.816. The number of amides is 2. The number of rotatable bonds is 9. The van der Waals surface area contributed by atoms with E-state index in [2.05, 4.69) is 36.5 Å². The lowest BCUT2D eigenvalue weighted by Crippen LogP contribution is -2.42. The highest BCUT2D eigenvalue weighted by molar-refractivity contribution is 9.18. The van der Waals surface area contributed by atoms with Crippen molar-refractivity contribution in [2.24, 2.45) is 5.16 Å². The second kappa shape index (κ2) is 11.3. The van der Waals surface area contributed by atoms with Crippen LogP contribution in [-0.4, -0.2) is 48.4 Å². The molecule has 152 valence electrons. The lowest BCUT2D eigenvalue weighted by Gasteiger charge is -2.16. The van der Waals surface area contributed by atoms with Crippen molar-refractivity contribution in [2.75, 3.05) is 13.7 Å². The third kappa shape index (κ3) is 7.55. The number of esters is 1. The Balaban J connectivity index is 1.73. The molecule has 2 unspecified atom stereocenters. The second-order valence-electron chi connectivity index (χ2n) is 6.02. The number of halogens is 1. The fourth-order valence-corrected chi connectivity index (χ4v) is 2.84. The standard InChI is InChI=1S/C18H22BrN3O6/c1-26-17(24)14(21-18(25)27-11-12-5-3-2-4-6-12)7-8-16(23)20-10-13-9-15(19)22-28-13/h2-6,13-14H,7-11H2,1H3,(H,20,23)(H,21,25). The number of nitrogens with one attached hydrogen (secondary N) is 2. The summed E-state index contributed by atoms with van der Waals surface area (Å²) in [5, 5.41) is 8.87. The number of oxime groups is 1. The molecule has 2 rings (SSSR count). The number of methoxy groups -OCH3 is 1. The topological polar surface area (TPSA) is 115 Å². The lowest BCUT2D eigenvalue weighted by atomic mass is 10.1. The largest absolute Gasteiger partial charge is 0.467 e. The number of hydrogen-bond donors (Lipinski definition) is 2. The van der Waals surface area contributed by atoms with Crippen LogP contribution in [0.1, 0.15) is 24.8 Å². The van der Waals surface area contributed by atoms with Crippen LogP contribution in [-0.2, 0) is 30.5 Å². The van der Waals surface area contributed by atoms with Gasteiger partial charge >= 0.3 is 12.1 Å². The van der Waals surface area contributed by atoms with Crippen LogP contribution < -0.4 is 10.6 Å². The van der Waals surface area contributed by atoms with Crippen LogP contribution in [0.15, 0.2) is 35.5 Å². The Morgan fingerprint density at radius 2 is 2.07 bits per heavy atom. The lowest BCUT2D eigenvalue weighted by molar-refractivity contribution is -0.143. The molecule has 1 aliphatic heterocycles. The summed E-state index contributed by atoms with van der Waals surface area (Å²) >= 11 is 3.22. The molecule has 1 heterocycles. The van der Waals surface area contributed by atoms with Gasteiger partial charge in [-0.25, -0.2) is 9.59 Å². The number of ether oxygens (including phenoxy) is 2. The van der Waals surface area contributed by atoms with Crippen molar-refractivity contribution < 1.29 is 28.7 Å². The Morgan fingerprint density at radius 1 is 1.32 bits per heavy atom. The molecule has 0 bridgehead atoms. The first-order valence-electron chi connectivity index (χ1n) is 8.68. The van der Waals surface area contributed by atoms with Crippen molar-refractivity contribution in [1.82, 2.24) is 10.6 Å². The van der Waals surface area contributed by atoms with E-state index in [1.807, 2.05) is 30.3 Å². The van der Waals surface area contributed by atoms with E-state index in [1.165, 1.54) is 7.11 Å². The van der Waals surface area contributed by atoms with Gasteiger partial charge in [-0.05, 0) is 27.9 Å². The van der Waals surface area contributed by atoms with E-state index in [-0.39, 0.29) is 31.5 Å². The van der Waals surface area contributed by atoms with Crippen LogP contribution in [0, 0.1) is 0 Å². The van der Waals surface area contributed by atoms with Crippen molar-refractivity contribution in [3.8, 4) is 0 Å². The predicted octanol–water partition coefficient (Wildman–Crippen LogP) is 1.85. The molecule has 28 heavy (non-hydrogen) atoms. The van der Waals surface area contributed by atoms with E-state index >= 15 is 0 Å². The molecule has 1 aromatic carbocycles. The number of benzene rings is 1. The van der Waals surface area contributed by atoms with E-state index in [0.717, 1.165) is 5.56 Å². The molecular formula is C18H22BrN3O6. The molecule has 9 nitrogen and oxygen atoms in total. The van der Waals surface area contributed by atoms with Crippen molar-refractivity contribution >= 4 is 38.5 Å². The van der Waals surface area contributed by atoms with E-state index in [9.17, 15) is 14.4 Å². The fraction of sp³-hybridized carbons (Fsp3) is 0.444. The van der Waals surface area contributed by atoms with Gasteiger partial charge in [-0.15, -0.1) is 0 Å². The first kappa shape index (κ1) is 21.7. The molecule has 0 saturated carbocycles. The van der Waals surface area contributed by atoms with Gasteiger partial charge in [-0.3, -0.25) is 4.79 Å². The number of alkyl carbamates (subject to hydrolysis) is 1. The summed E-state index contributed by atoms with van der Waals surface area (Å²) in [6.45, 7) is 0.368. The molecule has 0 aliphatic carbocycles. The van der Waals surface area contributed by atoms with Gasteiger partial charge in [-0.1, -0.05) is 35.5 Å². The normalized spacial score (nSPS) is 16.4. The highest BCUT2D eigenvalue weighted by atomic mass is 79.9. The van der Waals surface area contributed by atoms with E-state index < -0.39 is 18.1 Å². The molecule has 0 radical (unpaired) electrons. The fourth-order valence-electron chi connectivity index (χ4n) is 2.39. The monoisotopic (exact) mass is 455 g/mol. The molecule has 10 heteroatoms. The number of hydrogen-bond acceptors (Lipinski definition) is 7. The van der Waals surface area contributed by atoms with E-state index in [4.69, 9.17) is 9.57 Å². The summed E-state index contributed by atoms with van der Waals surface area (Å²) in [6, 6.07) is 8.15. The van der Waals surface area contributed by atoms with Crippen molar-refractivity contribution in [3.63, 3.8) is 0 Å². The highest BCUT2D eigenvalue weighted by Crippen LogP contribution is 2.13. The minimum absolute atomic E-state index is 0.0213. The molecule has 1 aromatic rings. The van der Waals surface area contributed by atoms with Crippen LogP contribution in [0.3, 0.4) is 0 Å². The molecule has 0 saturated heterocycles. The van der Waals surface area contributed by atoms with Crippen LogP contribution >= 0.6 is 15.9 Å². The van der Waals surface area contributed by atoms with Gasteiger partial charge in [-0.2, -0.15) is 0 Å². The molecule has 2 N–H and O–H groups in total. The zero-order valence-electron chi connectivity index (χ0n) is 15.4. The maximum Gasteiger partial charge on any atom is 0.408 e. The molecule has 2 amide bonds. The van der Waals surface area contributed by atoms with Gasteiger partial charge in [0, 0.05) is 12.8 Å². The van der Waals surface area contributed by atoms with Crippen LogP contribution in [0.4, 0.5) is 4.79 Å². The van der Waals surface area contributed by atoms with Crippen molar-refractivity contribution in [2.45, 2.75) is 38.0 Å². The summed E-state index contributed by atoms with van der Waals surface area (Å²) in [6.07, 6.45) is -0.306. The molecule has 0 fully saturated rings. The average molecular weight is 456 g/mol. The van der Waals surface area contributed by atoms with Gasteiger partial charge in [0.15, 0.2) is 6.10 Å². The smallest absolute Gasteiger partial charge is 0.408 e. The first-order chi connectivity index (χ1) is 13.5. The zero-order valence-corrected chi connectivity index (χ0v) is 16.9. The minimum Gasteiger partial charge on any atom is -0.467 e. The predicted molar refractivity (Wildman–Crippen MR) is 104 cm³/mol. The maximum absolute atomic E-state index is 12.0. The highest BCUT2D eigenvalue weighted by Gasteiger charge is 2.24. The van der Waals surface area contributed by atoms with E-state index in [0.29, 0.717) is 17.6 Å². The van der Waals surface area contributed by atoms with Gasteiger partial charge < -0.3 is 24.9 Å². The zero-order chi connectivity index (χ0) is 20.4. The van der Waals surface area contributed by atoms with Crippen LogP contribution in [0.2, 0.25) is 0 Å². The SMILES string of the molecule is COC(=O)C(CCC(=O)NCC1CC(Br)=NO1)NC(=O)OCc1ccccc1. The Kier molecular flexibility index (Phi) is 8.73. The molecule has 0 spiro atoms. The van der Waals surface area contributed by atoms with Crippen molar-refractivity contribution in [1.29, 1.82) is 0 Å². The van der Waals surface area contributed by atoms with Crippen molar-refractivity contribution in [3.05, 3.63) is 35.9 Å². The van der Waals surface area contributed by atoms with Crippen LogP contribution in [0.5, 0.6) is 0 Å². The Labute approximate surface area is 170 Å². The molecule has 0 aromatic heterocycles. The average Bonchev–Trinajstić information content (AvgIpc) is 3.13. The van der Waals surface area contributed by atoms with E-state index in [1.54, 1.807) is 0 Å². The minimum atomic E-state index is -0.987. The summed E-state index contributed by atoms with van der Waals surface area (Å²) in [4.78, 5) is 40.9. The summed E-state index contributed by atoms with van der Waals surface area (Å²) < 4.78 is 10.5. The maximum atomic E-state index is 12.0. The first-order valence-corrected chi connectivity index (χ1v) is 9.47. The Hall–Kier alpha value is -2.62. The molecule has 1 aliphatic rings. The van der Waals surface area contributed by atoms with Gasteiger partial charge in [0.05, 0.1) is 13.7 Å². The number of nitrogens with zero attached hydrogens (tertiary/aromatic N) is 1. The quantitative estimate of drug-likeness (QED) is 0.548.